The Balaban J connectivity index is 2.04. The minimum Gasteiger partial charge on any atom is -0.493 e. The number of amides is 1. The molecule has 1 atom stereocenters. The Labute approximate surface area is 131 Å². The molecule has 2 N–H and O–H groups in total. The van der Waals surface area contributed by atoms with Crippen LogP contribution in [0.2, 0.25) is 0 Å². The number of carbonyl (C=O) groups is 1. The summed E-state index contributed by atoms with van der Waals surface area (Å²) >= 11 is 0. The van der Waals surface area contributed by atoms with Gasteiger partial charge in [-0.15, -0.1) is 0 Å². The molecule has 1 heterocycles. The summed E-state index contributed by atoms with van der Waals surface area (Å²) in [7, 11) is 4.72. The van der Waals surface area contributed by atoms with Gasteiger partial charge in [0.05, 0.1) is 27.2 Å². The fourth-order valence-electron chi connectivity index (χ4n) is 2.65. The molecule has 0 spiro atoms. The van der Waals surface area contributed by atoms with E-state index in [-0.39, 0.29) is 11.8 Å². The number of piperidine rings is 1. The first kappa shape index (κ1) is 16.4. The minimum absolute atomic E-state index is 0.0517. The van der Waals surface area contributed by atoms with Crippen LogP contribution >= 0.6 is 0 Å². The molecule has 1 aromatic rings. The van der Waals surface area contributed by atoms with Crippen molar-refractivity contribution in [2.24, 2.45) is 5.92 Å². The summed E-state index contributed by atoms with van der Waals surface area (Å²) in [4.78, 5) is 12.2. The normalized spacial score (nSPS) is 17.7. The van der Waals surface area contributed by atoms with E-state index < -0.39 is 0 Å². The predicted octanol–water partition coefficient (Wildman–Crippen LogP) is 1.33. The number of ether oxygens (including phenoxy) is 3. The van der Waals surface area contributed by atoms with Crippen LogP contribution in [0.3, 0.4) is 0 Å². The lowest BCUT2D eigenvalue weighted by Gasteiger charge is -2.22. The van der Waals surface area contributed by atoms with E-state index in [1.165, 1.54) is 0 Å². The van der Waals surface area contributed by atoms with Crippen molar-refractivity contribution in [2.75, 3.05) is 34.4 Å². The van der Waals surface area contributed by atoms with Gasteiger partial charge in [-0.3, -0.25) is 4.79 Å². The summed E-state index contributed by atoms with van der Waals surface area (Å²) in [5.41, 5.74) is 0.909. The zero-order valence-electron chi connectivity index (χ0n) is 13.4. The summed E-state index contributed by atoms with van der Waals surface area (Å²) in [5.74, 6) is 1.86. The van der Waals surface area contributed by atoms with Crippen LogP contribution in [0.4, 0.5) is 0 Å². The predicted molar refractivity (Wildman–Crippen MR) is 83.5 cm³/mol. The second-order valence-corrected chi connectivity index (χ2v) is 5.29. The number of hydrogen-bond donors (Lipinski definition) is 2. The first-order valence-electron chi connectivity index (χ1n) is 7.47. The molecule has 22 heavy (non-hydrogen) atoms. The third kappa shape index (κ3) is 3.82. The number of benzene rings is 1. The molecule has 1 fully saturated rings. The summed E-state index contributed by atoms with van der Waals surface area (Å²) in [6, 6.07) is 3.70. The lowest BCUT2D eigenvalue weighted by Crippen LogP contribution is -2.40. The summed E-state index contributed by atoms with van der Waals surface area (Å²) in [5, 5.41) is 6.23. The van der Waals surface area contributed by atoms with Crippen molar-refractivity contribution in [1.82, 2.24) is 10.6 Å². The Hall–Kier alpha value is -1.95. The van der Waals surface area contributed by atoms with Crippen LogP contribution < -0.4 is 24.8 Å². The number of rotatable bonds is 6. The SMILES string of the molecule is COc1cc(CNC(=O)C2CCCNC2)cc(OC)c1OC. The van der Waals surface area contributed by atoms with Crippen molar-refractivity contribution in [1.29, 1.82) is 0 Å². The zero-order chi connectivity index (χ0) is 15.9. The van der Waals surface area contributed by atoms with Gasteiger partial charge in [-0.05, 0) is 37.1 Å². The molecule has 6 heteroatoms. The smallest absolute Gasteiger partial charge is 0.224 e. The van der Waals surface area contributed by atoms with E-state index in [1.54, 1.807) is 21.3 Å². The third-order valence-corrected chi connectivity index (χ3v) is 3.86. The Bertz CT molecular complexity index is 488. The van der Waals surface area contributed by atoms with Crippen LogP contribution in [0, 0.1) is 5.92 Å². The van der Waals surface area contributed by atoms with Crippen molar-refractivity contribution < 1.29 is 19.0 Å². The van der Waals surface area contributed by atoms with Crippen molar-refractivity contribution >= 4 is 5.91 Å². The van der Waals surface area contributed by atoms with Crippen molar-refractivity contribution in [3.63, 3.8) is 0 Å². The minimum atomic E-state index is 0.0517. The van der Waals surface area contributed by atoms with Crippen LogP contribution in [0.25, 0.3) is 0 Å². The third-order valence-electron chi connectivity index (χ3n) is 3.86. The molecule has 0 radical (unpaired) electrons. The van der Waals surface area contributed by atoms with E-state index in [1.807, 2.05) is 12.1 Å². The number of methoxy groups -OCH3 is 3. The Morgan fingerprint density at radius 3 is 2.41 bits per heavy atom. The molecule has 1 unspecified atom stereocenters. The largest absolute Gasteiger partial charge is 0.493 e. The van der Waals surface area contributed by atoms with Gasteiger partial charge in [0.2, 0.25) is 11.7 Å². The maximum absolute atomic E-state index is 12.2. The molecule has 1 aliphatic heterocycles. The number of nitrogens with one attached hydrogen (secondary N) is 2. The van der Waals surface area contributed by atoms with Crippen LogP contribution in [0.1, 0.15) is 18.4 Å². The van der Waals surface area contributed by atoms with Crippen LogP contribution in [-0.2, 0) is 11.3 Å². The molecule has 1 amide bonds. The molecular formula is C16H24N2O4. The molecule has 0 bridgehead atoms. The van der Waals surface area contributed by atoms with Gasteiger partial charge in [0.1, 0.15) is 0 Å². The fourth-order valence-corrected chi connectivity index (χ4v) is 2.65. The van der Waals surface area contributed by atoms with Gasteiger partial charge in [0.15, 0.2) is 11.5 Å². The van der Waals surface area contributed by atoms with E-state index >= 15 is 0 Å². The summed E-state index contributed by atoms with van der Waals surface area (Å²) < 4.78 is 15.9. The highest BCUT2D eigenvalue weighted by atomic mass is 16.5. The van der Waals surface area contributed by atoms with E-state index in [0.29, 0.717) is 23.8 Å². The molecule has 1 aliphatic rings. The molecule has 0 aliphatic carbocycles. The monoisotopic (exact) mass is 308 g/mol. The summed E-state index contributed by atoms with van der Waals surface area (Å²) in [6.07, 6.45) is 1.98. The number of carbonyl (C=O) groups excluding carboxylic acids is 1. The highest BCUT2D eigenvalue weighted by Gasteiger charge is 2.21. The molecule has 0 saturated carbocycles. The van der Waals surface area contributed by atoms with Crippen LogP contribution in [0.15, 0.2) is 12.1 Å². The maximum Gasteiger partial charge on any atom is 0.224 e. The molecule has 6 nitrogen and oxygen atoms in total. The van der Waals surface area contributed by atoms with E-state index in [4.69, 9.17) is 14.2 Å². The highest BCUT2D eigenvalue weighted by Crippen LogP contribution is 2.38. The van der Waals surface area contributed by atoms with Crippen molar-refractivity contribution in [3.05, 3.63) is 17.7 Å². The molecular weight excluding hydrogens is 284 g/mol. The van der Waals surface area contributed by atoms with Gasteiger partial charge in [0.25, 0.3) is 0 Å². The van der Waals surface area contributed by atoms with Gasteiger partial charge in [-0.25, -0.2) is 0 Å². The van der Waals surface area contributed by atoms with Crippen LogP contribution in [0.5, 0.6) is 17.2 Å². The highest BCUT2D eigenvalue weighted by molar-refractivity contribution is 5.79. The second-order valence-electron chi connectivity index (χ2n) is 5.29. The molecule has 1 aromatic carbocycles. The van der Waals surface area contributed by atoms with Gasteiger partial charge in [-0.2, -0.15) is 0 Å². The lowest BCUT2D eigenvalue weighted by molar-refractivity contribution is -0.125. The molecule has 122 valence electrons. The molecule has 1 saturated heterocycles. The van der Waals surface area contributed by atoms with E-state index in [2.05, 4.69) is 10.6 Å². The molecule has 0 aromatic heterocycles. The zero-order valence-corrected chi connectivity index (χ0v) is 13.4. The average molecular weight is 308 g/mol. The fraction of sp³-hybridized carbons (Fsp3) is 0.562. The Morgan fingerprint density at radius 2 is 1.91 bits per heavy atom. The van der Waals surface area contributed by atoms with Gasteiger partial charge in [-0.1, -0.05) is 0 Å². The quantitative estimate of drug-likeness (QED) is 0.830. The first-order chi connectivity index (χ1) is 10.7. The second kappa shape index (κ2) is 7.89. The number of hydrogen-bond acceptors (Lipinski definition) is 5. The van der Waals surface area contributed by atoms with E-state index in [9.17, 15) is 4.79 Å². The first-order valence-corrected chi connectivity index (χ1v) is 7.47. The van der Waals surface area contributed by atoms with Crippen molar-refractivity contribution in [2.45, 2.75) is 19.4 Å². The average Bonchev–Trinajstić information content (AvgIpc) is 2.59. The maximum atomic E-state index is 12.2. The standard InChI is InChI=1S/C16H24N2O4/c1-20-13-7-11(8-14(21-2)15(13)22-3)9-18-16(19)12-5-4-6-17-10-12/h7-8,12,17H,4-6,9-10H2,1-3H3,(H,18,19). The van der Waals surface area contributed by atoms with Gasteiger partial charge >= 0.3 is 0 Å². The van der Waals surface area contributed by atoms with Crippen molar-refractivity contribution in [3.8, 4) is 17.2 Å². The molecule has 2 rings (SSSR count). The Morgan fingerprint density at radius 1 is 1.23 bits per heavy atom. The van der Waals surface area contributed by atoms with Crippen LogP contribution in [-0.4, -0.2) is 40.3 Å². The van der Waals surface area contributed by atoms with Gasteiger partial charge in [0, 0.05) is 13.1 Å². The summed E-state index contributed by atoms with van der Waals surface area (Å²) in [6.45, 7) is 2.18. The van der Waals surface area contributed by atoms with E-state index in [0.717, 1.165) is 31.5 Å². The Kier molecular flexibility index (Phi) is 5.89. The lowest BCUT2D eigenvalue weighted by atomic mass is 9.99. The van der Waals surface area contributed by atoms with Gasteiger partial charge < -0.3 is 24.8 Å². The topological polar surface area (TPSA) is 68.8 Å².